The lowest BCUT2D eigenvalue weighted by Gasteiger charge is -2.46. The molecule has 0 amide bonds. The number of carbonyl (C=O) groups is 1. The molecule has 1 saturated heterocycles. The number of hydrogen-bond donors (Lipinski definition) is 0. The minimum Gasteiger partial charge on any atom is -0.457 e. The van der Waals surface area contributed by atoms with Gasteiger partial charge in [-0.15, -0.1) is 0 Å². The Balaban J connectivity index is 1.30. The number of cyclic esters (lactones) is 1. The summed E-state index contributed by atoms with van der Waals surface area (Å²) in [6, 6.07) is 8.75. The Bertz CT molecular complexity index is 722. The zero-order valence-corrected chi connectivity index (χ0v) is 18.6. The summed E-state index contributed by atoms with van der Waals surface area (Å²) in [5.74, 6) is 1.45. The van der Waals surface area contributed by atoms with Crippen LogP contribution < -0.4 is 0 Å². The van der Waals surface area contributed by atoms with Crippen molar-refractivity contribution in [2.75, 3.05) is 19.6 Å². The van der Waals surface area contributed by atoms with Crippen molar-refractivity contribution in [2.24, 2.45) is 11.8 Å². The minimum absolute atomic E-state index is 0.00483. The molecule has 30 heavy (non-hydrogen) atoms. The van der Waals surface area contributed by atoms with Crippen LogP contribution in [0.25, 0.3) is 0 Å². The summed E-state index contributed by atoms with van der Waals surface area (Å²) in [6.07, 6.45) is 16.7. The molecule has 0 radical (unpaired) electrons. The summed E-state index contributed by atoms with van der Waals surface area (Å²) < 4.78 is 6.25. The molecule has 1 atom stereocenters. The Morgan fingerprint density at radius 3 is 2.23 bits per heavy atom. The van der Waals surface area contributed by atoms with Gasteiger partial charge in [0, 0.05) is 12.5 Å². The average Bonchev–Trinajstić information content (AvgIpc) is 3.29. The first-order chi connectivity index (χ1) is 14.8. The van der Waals surface area contributed by atoms with Crippen molar-refractivity contribution in [3.8, 4) is 0 Å². The fourth-order valence-corrected chi connectivity index (χ4v) is 6.87. The van der Waals surface area contributed by atoms with Gasteiger partial charge in [-0.1, -0.05) is 69.2 Å². The third kappa shape index (κ3) is 3.95. The van der Waals surface area contributed by atoms with Crippen LogP contribution in [0.3, 0.4) is 0 Å². The Morgan fingerprint density at radius 1 is 0.867 bits per heavy atom. The molecule has 2 saturated carbocycles. The fraction of sp³-hybridized carbons (Fsp3) is 0.741. The first-order valence-electron chi connectivity index (χ1n) is 12.8. The second kappa shape index (κ2) is 9.02. The third-order valence-electron chi connectivity index (χ3n) is 8.69. The molecule has 3 heteroatoms. The lowest BCUT2D eigenvalue weighted by atomic mass is 9.68. The summed E-state index contributed by atoms with van der Waals surface area (Å²) in [6.45, 7) is 3.31. The van der Waals surface area contributed by atoms with Crippen molar-refractivity contribution in [1.82, 2.24) is 4.90 Å². The molecular formula is C27H39NO2. The topological polar surface area (TPSA) is 29.5 Å². The van der Waals surface area contributed by atoms with Crippen molar-refractivity contribution in [1.29, 1.82) is 0 Å². The maximum atomic E-state index is 13.4. The van der Waals surface area contributed by atoms with Crippen LogP contribution in [-0.4, -0.2) is 30.5 Å². The molecule has 164 valence electrons. The number of piperidine rings is 1. The van der Waals surface area contributed by atoms with E-state index in [1.807, 2.05) is 0 Å². The number of nitrogens with zero attached hydrogens (tertiary/aromatic N) is 1. The standard InChI is InChI=1S/C27H39NO2/c29-26-27(16-18-28(19-17-27)20-21-10-4-2-1-3-5-11-21)24-15-9-8-14-23(24)25(30-26)22-12-6-7-13-22/h8-9,14-15,21-22,25H,1-7,10-13,16-20H2. The van der Waals surface area contributed by atoms with Gasteiger partial charge in [0.15, 0.2) is 0 Å². The Morgan fingerprint density at radius 2 is 1.50 bits per heavy atom. The zero-order valence-electron chi connectivity index (χ0n) is 18.6. The van der Waals surface area contributed by atoms with Crippen molar-refractivity contribution in [3.05, 3.63) is 35.4 Å². The van der Waals surface area contributed by atoms with E-state index < -0.39 is 5.41 Å². The summed E-state index contributed by atoms with van der Waals surface area (Å²) in [5, 5.41) is 0. The molecule has 0 aromatic heterocycles. The van der Waals surface area contributed by atoms with Crippen molar-refractivity contribution in [3.63, 3.8) is 0 Å². The maximum Gasteiger partial charge on any atom is 0.317 e. The summed E-state index contributed by atoms with van der Waals surface area (Å²) >= 11 is 0. The van der Waals surface area contributed by atoms with E-state index >= 15 is 0 Å². The highest BCUT2D eigenvalue weighted by Gasteiger charge is 2.51. The van der Waals surface area contributed by atoms with Gasteiger partial charge < -0.3 is 9.64 Å². The largest absolute Gasteiger partial charge is 0.457 e. The summed E-state index contributed by atoms with van der Waals surface area (Å²) in [7, 11) is 0. The van der Waals surface area contributed by atoms with Gasteiger partial charge in [0.25, 0.3) is 0 Å². The third-order valence-corrected chi connectivity index (χ3v) is 8.69. The highest BCUT2D eigenvalue weighted by molar-refractivity contribution is 5.86. The van der Waals surface area contributed by atoms with Crippen LogP contribution in [0.5, 0.6) is 0 Å². The molecule has 2 aliphatic carbocycles. The molecule has 1 aromatic rings. The van der Waals surface area contributed by atoms with E-state index in [-0.39, 0.29) is 12.1 Å². The molecule has 4 aliphatic rings. The predicted octanol–water partition coefficient (Wildman–Crippen LogP) is 6.17. The Labute approximate surface area is 182 Å². The number of benzene rings is 1. The smallest absolute Gasteiger partial charge is 0.317 e. The van der Waals surface area contributed by atoms with Crippen molar-refractivity contribution in [2.45, 2.75) is 95.0 Å². The second-order valence-corrected chi connectivity index (χ2v) is 10.6. The Kier molecular flexibility index (Phi) is 6.18. The number of likely N-dealkylation sites (tertiary alicyclic amines) is 1. The van der Waals surface area contributed by atoms with E-state index in [9.17, 15) is 4.79 Å². The number of fused-ring (bicyclic) bond motifs is 2. The minimum atomic E-state index is -0.400. The lowest BCUT2D eigenvalue weighted by Crippen LogP contribution is -2.52. The zero-order chi connectivity index (χ0) is 20.4. The molecule has 0 bridgehead atoms. The highest BCUT2D eigenvalue weighted by atomic mass is 16.5. The van der Waals surface area contributed by atoms with E-state index in [4.69, 9.17) is 4.74 Å². The van der Waals surface area contributed by atoms with Crippen molar-refractivity contribution >= 4 is 5.97 Å². The van der Waals surface area contributed by atoms with Gasteiger partial charge in [-0.05, 0) is 68.7 Å². The van der Waals surface area contributed by atoms with Crippen LogP contribution in [-0.2, 0) is 14.9 Å². The number of esters is 1. The first kappa shape index (κ1) is 20.5. The fourth-order valence-electron chi connectivity index (χ4n) is 6.87. The van der Waals surface area contributed by atoms with Crippen LogP contribution in [0, 0.1) is 11.8 Å². The normalized spacial score (nSPS) is 28.7. The van der Waals surface area contributed by atoms with Crippen LogP contribution in [0.1, 0.15) is 101 Å². The molecule has 2 heterocycles. The van der Waals surface area contributed by atoms with Gasteiger partial charge in [0.05, 0.1) is 5.41 Å². The highest BCUT2D eigenvalue weighted by Crippen LogP contribution is 2.50. The van der Waals surface area contributed by atoms with Gasteiger partial charge in [-0.25, -0.2) is 0 Å². The number of ether oxygens (including phenoxy) is 1. The van der Waals surface area contributed by atoms with E-state index in [0.29, 0.717) is 5.92 Å². The van der Waals surface area contributed by atoms with Crippen LogP contribution in [0.2, 0.25) is 0 Å². The molecule has 1 spiro atoms. The summed E-state index contributed by atoms with van der Waals surface area (Å²) in [4.78, 5) is 16.1. The molecule has 3 nitrogen and oxygen atoms in total. The van der Waals surface area contributed by atoms with Crippen LogP contribution >= 0.6 is 0 Å². The molecule has 0 N–H and O–H groups in total. The lowest BCUT2D eigenvalue weighted by molar-refractivity contribution is -0.165. The van der Waals surface area contributed by atoms with Crippen LogP contribution in [0.15, 0.2) is 24.3 Å². The molecular weight excluding hydrogens is 370 g/mol. The molecule has 2 aliphatic heterocycles. The maximum absolute atomic E-state index is 13.4. The van der Waals surface area contributed by atoms with Gasteiger partial charge in [0.2, 0.25) is 0 Å². The van der Waals surface area contributed by atoms with E-state index in [1.54, 1.807) is 0 Å². The van der Waals surface area contributed by atoms with Gasteiger partial charge in [-0.3, -0.25) is 4.79 Å². The second-order valence-electron chi connectivity index (χ2n) is 10.6. The monoisotopic (exact) mass is 409 g/mol. The Hall–Kier alpha value is -1.35. The van der Waals surface area contributed by atoms with E-state index in [2.05, 4.69) is 29.2 Å². The molecule has 1 unspecified atom stereocenters. The first-order valence-corrected chi connectivity index (χ1v) is 12.8. The van der Waals surface area contributed by atoms with E-state index in [1.165, 1.54) is 88.3 Å². The van der Waals surface area contributed by atoms with Gasteiger partial charge in [0.1, 0.15) is 6.10 Å². The van der Waals surface area contributed by atoms with Gasteiger partial charge >= 0.3 is 5.97 Å². The number of hydrogen-bond acceptors (Lipinski definition) is 3. The molecule has 3 fully saturated rings. The number of rotatable bonds is 3. The predicted molar refractivity (Wildman–Crippen MR) is 120 cm³/mol. The van der Waals surface area contributed by atoms with Gasteiger partial charge in [-0.2, -0.15) is 0 Å². The number of carbonyl (C=O) groups excluding carboxylic acids is 1. The quantitative estimate of drug-likeness (QED) is 0.559. The van der Waals surface area contributed by atoms with Crippen molar-refractivity contribution < 1.29 is 9.53 Å². The SMILES string of the molecule is O=C1OC(C2CCCC2)c2ccccc2C12CCN(CC1CCCCCCC1)CC2. The average molecular weight is 410 g/mol. The van der Waals surface area contributed by atoms with Crippen LogP contribution in [0.4, 0.5) is 0 Å². The molecule has 1 aromatic carbocycles. The summed E-state index contributed by atoms with van der Waals surface area (Å²) in [5.41, 5.74) is 2.21. The van der Waals surface area contributed by atoms with E-state index in [0.717, 1.165) is 31.8 Å². The molecule has 5 rings (SSSR count).